The Morgan fingerprint density at radius 2 is 1.90 bits per heavy atom. The van der Waals surface area contributed by atoms with Crippen LogP contribution in [0.2, 0.25) is 0 Å². The van der Waals surface area contributed by atoms with Gasteiger partial charge in [-0.2, -0.15) is 0 Å². The van der Waals surface area contributed by atoms with Crippen LogP contribution in [-0.4, -0.2) is 43.7 Å². The quantitative estimate of drug-likeness (QED) is 0.728. The van der Waals surface area contributed by atoms with Crippen LogP contribution in [0.1, 0.15) is 5.56 Å². The molecule has 5 nitrogen and oxygen atoms in total. The Morgan fingerprint density at radius 3 is 2.50 bits per heavy atom. The second-order valence-corrected chi connectivity index (χ2v) is 5.06. The molecule has 1 rings (SSSR count). The van der Waals surface area contributed by atoms with Gasteiger partial charge in [0.2, 0.25) is 0 Å². The minimum absolute atomic E-state index is 0.219. The van der Waals surface area contributed by atoms with E-state index in [1.807, 2.05) is 30.3 Å². The maximum absolute atomic E-state index is 11.7. The third-order valence-corrected chi connectivity index (χ3v) is 3.62. The zero-order valence-corrected chi connectivity index (χ0v) is 12.4. The van der Waals surface area contributed by atoms with Gasteiger partial charge in [-0.15, -0.1) is 11.8 Å². The molecular weight excluding hydrogens is 278 g/mol. The number of thioether (sulfide) groups is 1. The van der Waals surface area contributed by atoms with E-state index >= 15 is 0 Å². The van der Waals surface area contributed by atoms with Gasteiger partial charge in [0.15, 0.2) is 0 Å². The second-order valence-electron chi connectivity index (χ2n) is 4.03. The van der Waals surface area contributed by atoms with Crippen molar-refractivity contribution in [3.8, 4) is 0 Å². The topological polar surface area (TPSA) is 64.6 Å². The largest absolute Gasteiger partial charge is 0.468 e. The minimum atomic E-state index is -0.449. The lowest BCUT2D eigenvalue weighted by atomic mass is 10.2. The highest BCUT2D eigenvalue weighted by atomic mass is 32.2. The number of esters is 2. The van der Waals surface area contributed by atoms with Crippen LogP contribution in [0.15, 0.2) is 30.3 Å². The molecule has 0 spiro atoms. The standard InChI is InChI=1S/C14H19NO4S/c1-18-13(16)10-20-9-12(14(17)19-2)15-8-11-6-4-3-5-7-11/h3-7,12,15H,8-10H2,1-2H3/t12-/m0/s1. The molecule has 0 aliphatic rings. The van der Waals surface area contributed by atoms with E-state index in [1.165, 1.54) is 26.0 Å². The number of carbonyl (C=O) groups excluding carboxylic acids is 2. The lowest BCUT2D eigenvalue weighted by Crippen LogP contribution is -2.39. The van der Waals surface area contributed by atoms with Gasteiger partial charge in [0.25, 0.3) is 0 Å². The molecule has 1 aromatic carbocycles. The van der Waals surface area contributed by atoms with Crippen molar-refractivity contribution in [3.05, 3.63) is 35.9 Å². The highest BCUT2D eigenvalue weighted by molar-refractivity contribution is 8.00. The molecule has 0 heterocycles. The predicted octanol–water partition coefficient (Wildman–Crippen LogP) is 1.22. The minimum Gasteiger partial charge on any atom is -0.468 e. The number of ether oxygens (including phenoxy) is 2. The number of hydrogen-bond acceptors (Lipinski definition) is 6. The Kier molecular flexibility index (Phi) is 7.75. The molecule has 0 unspecified atom stereocenters. The van der Waals surface area contributed by atoms with E-state index in [0.717, 1.165) is 5.56 Å². The van der Waals surface area contributed by atoms with Crippen LogP contribution in [0.4, 0.5) is 0 Å². The lowest BCUT2D eigenvalue weighted by Gasteiger charge is -2.16. The molecule has 0 radical (unpaired) electrons. The van der Waals surface area contributed by atoms with Gasteiger partial charge in [0.05, 0.1) is 20.0 Å². The van der Waals surface area contributed by atoms with Gasteiger partial charge in [0, 0.05) is 12.3 Å². The van der Waals surface area contributed by atoms with Crippen molar-refractivity contribution >= 4 is 23.7 Å². The molecule has 110 valence electrons. The Labute approximate surface area is 123 Å². The summed E-state index contributed by atoms with van der Waals surface area (Å²) in [5.74, 6) is 0.0333. The fourth-order valence-corrected chi connectivity index (χ4v) is 2.40. The molecular formula is C14H19NO4S. The first-order valence-electron chi connectivity index (χ1n) is 6.17. The Bertz CT molecular complexity index is 424. The summed E-state index contributed by atoms with van der Waals surface area (Å²) in [6.45, 7) is 0.569. The van der Waals surface area contributed by atoms with E-state index in [9.17, 15) is 9.59 Å². The third-order valence-electron chi connectivity index (χ3n) is 2.61. The monoisotopic (exact) mass is 297 g/mol. The van der Waals surface area contributed by atoms with Crippen molar-refractivity contribution in [2.75, 3.05) is 25.7 Å². The predicted molar refractivity (Wildman–Crippen MR) is 78.4 cm³/mol. The van der Waals surface area contributed by atoms with Crippen molar-refractivity contribution in [2.24, 2.45) is 0 Å². The molecule has 0 aliphatic carbocycles. The van der Waals surface area contributed by atoms with Crippen LogP contribution < -0.4 is 5.32 Å². The highest BCUT2D eigenvalue weighted by Gasteiger charge is 2.19. The van der Waals surface area contributed by atoms with E-state index in [-0.39, 0.29) is 17.7 Å². The van der Waals surface area contributed by atoms with Gasteiger partial charge in [0.1, 0.15) is 6.04 Å². The first kappa shape index (κ1) is 16.5. The van der Waals surface area contributed by atoms with Crippen LogP contribution in [0.5, 0.6) is 0 Å². The van der Waals surface area contributed by atoms with Crippen molar-refractivity contribution in [1.29, 1.82) is 0 Å². The smallest absolute Gasteiger partial charge is 0.323 e. The summed E-state index contributed by atoms with van der Waals surface area (Å²) in [6, 6.07) is 9.32. The van der Waals surface area contributed by atoms with Gasteiger partial charge in [-0.05, 0) is 5.56 Å². The van der Waals surface area contributed by atoms with Crippen LogP contribution >= 0.6 is 11.8 Å². The van der Waals surface area contributed by atoms with Crippen LogP contribution in [-0.2, 0) is 25.6 Å². The summed E-state index contributed by atoms with van der Waals surface area (Å²) in [7, 11) is 2.69. The van der Waals surface area contributed by atoms with Crippen molar-refractivity contribution < 1.29 is 19.1 Å². The number of nitrogens with one attached hydrogen (secondary N) is 1. The molecule has 20 heavy (non-hydrogen) atoms. The van der Waals surface area contributed by atoms with E-state index in [0.29, 0.717) is 12.3 Å². The molecule has 0 saturated heterocycles. The average molecular weight is 297 g/mol. The summed E-state index contributed by atoms with van der Waals surface area (Å²) in [5.41, 5.74) is 1.08. The molecule has 1 atom stereocenters. The fourth-order valence-electron chi connectivity index (χ4n) is 1.51. The van der Waals surface area contributed by atoms with Gasteiger partial charge in [-0.25, -0.2) is 0 Å². The average Bonchev–Trinajstić information content (AvgIpc) is 2.50. The van der Waals surface area contributed by atoms with Gasteiger partial charge in [-0.3, -0.25) is 14.9 Å². The molecule has 0 aliphatic heterocycles. The molecule has 0 fully saturated rings. The maximum Gasteiger partial charge on any atom is 0.323 e. The number of methoxy groups -OCH3 is 2. The second kappa shape index (κ2) is 9.39. The molecule has 0 aromatic heterocycles. The van der Waals surface area contributed by atoms with Crippen LogP contribution in [0.25, 0.3) is 0 Å². The fraction of sp³-hybridized carbons (Fsp3) is 0.429. The molecule has 1 N–H and O–H groups in total. The SMILES string of the molecule is COC(=O)CSC[C@H](NCc1ccccc1)C(=O)OC. The third kappa shape index (κ3) is 6.08. The molecule has 0 bridgehead atoms. The van der Waals surface area contributed by atoms with E-state index in [2.05, 4.69) is 10.1 Å². The Balaban J connectivity index is 2.44. The summed E-state index contributed by atoms with van der Waals surface area (Å²) in [5, 5.41) is 3.13. The first-order chi connectivity index (χ1) is 9.67. The highest BCUT2D eigenvalue weighted by Crippen LogP contribution is 2.06. The summed E-state index contributed by atoms with van der Waals surface area (Å²) in [4.78, 5) is 22.7. The van der Waals surface area contributed by atoms with E-state index in [1.54, 1.807) is 0 Å². The first-order valence-corrected chi connectivity index (χ1v) is 7.32. The summed E-state index contributed by atoms with van der Waals surface area (Å²) >= 11 is 1.34. The summed E-state index contributed by atoms with van der Waals surface area (Å²) < 4.78 is 9.31. The molecule has 0 amide bonds. The van der Waals surface area contributed by atoms with Gasteiger partial charge in [-0.1, -0.05) is 30.3 Å². The molecule has 6 heteroatoms. The van der Waals surface area contributed by atoms with Gasteiger partial charge < -0.3 is 9.47 Å². The van der Waals surface area contributed by atoms with E-state index in [4.69, 9.17) is 4.74 Å². The number of hydrogen-bond donors (Lipinski definition) is 1. The zero-order chi connectivity index (χ0) is 14.8. The number of carbonyl (C=O) groups is 2. The Hall–Kier alpha value is -1.53. The van der Waals surface area contributed by atoms with Gasteiger partial charge >= 0.3 is 11.9 Å². The molecule has 0 saturated carbocycles. The number of benzene rings is 1. The lowest BCUT2D eigenvalue weighted by molar-refractivity contribution is -0.142. The number of rotatable bonds is 8. The normalized spacial score (nSPS) is 11.7. The van der Waals surface area contributed by atoms with Crippen molar-refractivity contribution in [3.63, 3.8) is 0 Å². The Morgan fingerprint density at radius 1 is 1.20 bits per heavy atom. The maximum atomic E-state index is 11.7. The zero-order valence-electron chi connectivity index (χ0n) is 11.6. The van der Waals surface area contributed by atoms with Crippen LogP contribution in [0.3, 0.4) is 0 Å². The molecule has 1 aromatic rings. The summed E-state index contributed by atoms with van der Waals surface area (Å²) in [6.07, 6.45) is 0. The van der Waals surface area contributed by atoms with Crippen molar-refractivity contribution in [1.82, 2.24) is 5.32 Å². The van der Waals surface area contributed by atoms with Crippen molar-refractivity contribution in [2.45, 2.75) is 12.6 Å². The van der Waals surface area contributed by atoms with Crippen LogP contribution in [0, 0.1) is 0 Å². The van der Waals surface area contributed by atoms with E-state index < -0.39 is 6.04 Å².